The molecular weight excluding hydrogens is 599 g/mol. The Morgan fingerprint density at radius 1 is 0.911 bits per heavy atom. The molecule has 1 radical (unpaired) electrons. The summed E-state index contributed by atoms with van der Waals surface area (Å²) in [6.07, 6.45) is 0.500. The monoisotopic (exact) mass is 663 g/mol. The van der Waals surface area contributed by atoms with Crippen LogP contribution in [0.25, 0.3) is 0 Å². The van der Waals surface area contributed by atoms with E-state index < -0.39 is 65.0 Å². The maximum Gasteiger partial charge on any atom is 0.350 e. The molecule has 0 N–H and O–H groups in total. The highest BCUT2D eigenvalue weighted by molar-refractivity contribution is 7.54. The molecule has 0 bridgehead atoms. The van der Waals surface area contributed by atoms with Gasteiger partial charge in [0.1, 0.15) is 11.9 Å². The van der Waals surface area contributed by atoms with Gasteiger partial charge in [0.05, 0.1) is 25.2 Å². The lowest BCUT2D eigenvalue weighted by molar-refractivity contribution is -0.300. The number of carbonyl (C=O) groups excluding carboxylic acids is 2. The van der Waals surface area contributed by atoms with Gasteiger partial charge in [0.25, 0.3) is 0 Å². The standard InChI is InChI=1S/C33H64N2O9P/c1-16-19-20-40-26(36)25(23-31(10,11)28(37)43-24-21-32(12,13)35(38)33(14,15)22-24)44-34(30(7,8)9)27(29(4,5)6)45(39,41-17-2)42-18-3/h24-25,27H,16-23H2,1-15H3. The van der Waals surface area contributed by atoms with E-state index >= 15 is 0 Å². The Morgan fingerprint density at radius 2 is 1.40 bits per heavy atom. The molecule has 0 aromatic rings. The van der Waals surface area contributed by atoms with Crippen molar-refractivity contribution in [2.24, 2.45) is 10.8 Å². The molecule has 1 aliphatic heterocycles. The summed E-state index contributed by atoms with van der Waals surface area (Å²) in [6.45, 7) is 28.2. The van der Waals surface area contributed by atoms with Crippen molar-refractivity contribution in [3.63, 3.8) is 0 Å². The fourth-order valence-corrected chi connectivity index (χ4v) is 8.58. The lowest BCUT2D eigenvalue weighted by Crippen LogP contribution is -2.60. The molecule has 0 amide bonds. The lowest BCUT2D eigenvalue weighted by Gasteiger charge is -2.49. The van der Waals surface area contributed by atoms with Crippen LogP contribution in [0.1, 0.15) is 136 Å². The summed E-state index contributed by atoms with van der Waals surface area (Å²) in [7, 11) is -3.81. The second-order valence-electron chi connectivity index (χ2n) is 16.2. The van der Waals surface area contributed by atoms with Crippen LogP contribution in [-0.4, -0.2) is 76.5 Å². The predicted molar refractivity (Wildman–Crippen MR) is 175 cm³/mol. The van der Waals surface area contributed by atoms with Crippen LogP contribution in [0.5, 0.6) is 0 Å². The summed E-state index contributed by atoms with van der Waals surface area (Å²) < 4.78 is 37.7. The summed E-state index contributed by atoms with van der Waals surface area (Å²) in [5.74, 6) is -2.04. The Hall–Kier alpha value is -1.07. The van der Waals surface area contributed by atoms with Gasteiger partial charge in [0.15, 0.2) is 6.10 Å². The molecule has 11 nitrogen and oxygen atoms in total. The zero-order valence-corrected chi connectivity index (χ0v) is 31.8. The minimum Gasteiger partial charge on any atom is -0.464 e. The molecule has 0 spiro atoms. The van der Waals surface area contributed by atoms with Crippen LogP contribution < -0.4 is 0 Å². The topological polar surface area (TPSA) is 124 Å². The van der Waals surface area contributed by atoms with Crippen molar-refractivity contribution in [3.05, 3.63) is 0 Å². The first-order valence-corrected chi connectivity index (χ1v) is 18.1. The second kappa shape index (κ2) is 15.9. The third-order valence-corrected chi connectivity index (χ3v) is 10.7. The second-order valence-corrected chi connectivity index (χ2v) is 18.3. The number of hydrogen-bond acceptors (Lipinski definition) is 10. The van der Waals surface area contributed by atoms with Crippen LogP contribution in [0, 0.1) is 10.8 Å². The van der Waals surface area contributed by atoms with Crippen molar-refractivity contribution in [1.29, 1.82) is 0 Å². The zero-order chi connectivity index (χ0) is 35.2. The summed E-state index contributed by atoms with van der Waals surface area (Å²) in [5, 5.41) is 15.5. The number of carbonyl (C=O) groups is 2. The third kappa shape index (κ3) is 11.5. The number of esters is 2. The predicted octanol–water partition coefficient (Wildman–Crippen LogP) is 7.70. The Balaban J connectivity index is 3.53. The zero-order valence-electron chi connectivity index (χ0n) is 30.9. The van der Waals surface area contributed by atoms with Gasteiger partial charge in [-0.25, -0.2) is 4.79 Å². The Morgan fingerprint density at radius 3 is 1.80 bits per heavy atom. The van der Waals surface area contributed by atoms with Crippen molar-refractivity contribution >= 4 is 19.5 Å². The van der Waals surface area contributed by atoms with Gasteiger partial charge < -0.3 is 18.5 Å². The fraction of sp³-hybridized carbons (Fsp3) is 0.939. The maximum atomic E-state index is 14.4. The Labute approximate surface area is 273 Å². The number of nitrogens with zero attached hydrogens (tertiary/aromatic N) is 2. The highest BCUT2D eigenvalue weighted by Gasteiger charge is 2.53. The van der Waals surface area contributed by atoms with E-state index in [2.05, 4.69) is 0 Å². The molecule has 1 aliphatic rings. The molecule has 1 rings (SSSR count). The Kier molecular flexibility index (Phi) is 14.8. The minimum atomic E-state index is -3.81. The van der Waals surface area contributed by atoms with E-state index in [0.717, 1.165) is 11.5 Å². The molecule has 12 heteroatoms. The van der Waals surface area contributed by atoms with Crippen molar-refractivity contribution in [3.8, 4) is 0 Å². The number of piperidine rings is 1. The Bertz CT molecular complexity index is 989. The van der Waals surface area contributed by atoms with Gasteiger partial charge in [0, 0.05) is 35.9 Å². The lowest BCUT2D eigenvalue weighted by atomic mass is 9.80. The van der Waals surface area contributed by atoms with Gasteiger partial charge in [-0.15, -0.1) is 10.3 Å². The largest absolute Gasteiger partial charge is 0.464 e. The average molecular weight is 664 g/mol. The molecule has 2 unspecified atom stereocenters. The van der Waals surface area contributed by atoms with Crippen molar-refractivity contribution in [2.75, 3.05) is 19.8 Å². The quantitative estimate of drug-likeness (QED) is 0.0702. The van der Waals surface area contributed by atoms with E-state index in [1.165, 1.54) is 0 Å². The smallest absolute Gasteiger partial charge is 0.350 e. The molecule has 2 atom stereocenters. The van der Waals surface area contributed by atoms with E-state index in [-0.39, 0.29) is 26.2 Å². The van der Waals surface area contributed by atoms with Gasteiger partial charge >= 0.3 is 19.5 Å². The van der Waals surface area contributed by atoms with Crippen molar-refractivity contribution in [2.45, 2.75) is 171 Å². The summed E-state index contributed by atoms with van der Waals surface area (Å²) >= 11 is 0. The SMILES string of the molecule is CCCCOC(=O)C(CC(C)(C)C(=O)OC1CC(C)(C)N([O])C(C)(C)C1)ON(C(C(C)(C)C)P(=O)(OCC)OCC)C(C)(C)C. The first-order chi connectivity index (χ1) is 20.3. The highest BCUT2D eigenvalue weighted by Crippen LogP contribution is 2.61. The van der Waals surface area contributed by atoms with Crippen LogP contribution in [0.4, 0.5) is 0 Å². The first-order valence-electron chi connectivity index (χ1n) is 16.5. The van der Waals surface area contributed by atoms with Gasteiger partial charge in [0.2, 0.25) is 0 Å². The van der Waals surface area contributed by atoms with Crippen molar-refractivity contribution < 1.29 is 42.7 Å². The molecule has 45 heavy (non-hydrogen) atoms. The average Bonchev–Trinajstić information content (AvgIpc) is 2.84. The van der Waals surface area contributed by atoms with Crippen LogP contribution in [0.2, 0.25) is 0 Å². The molecule has 1 heterocycles. The molecule has 1 saturated heterocycles. The summed E-state index contributed by atoms with van der Waals surface area (Å²) in [4.78, 5) is 34.0. The molecule has 0 aromatic heterocycles. The molecule has 0 saturated carbocycles. The summed E-state index contributed by atoms with van der Waals surface area (Å²) in [6, 6.07) is 0. The van der Waals surface area contributed by atoms with Gasteiger partial charge in [-0.2, -0.15) is 5.06 Å². The summed E-state index contributed by atoms with van der Waals surface area (Å²) in [5.41, 5.74) is -4.07. The highest BCUT2D eigenvalue weighted by atomic mass is 31.2. The normalized spacial score (nSPS) is 19.8. The van der Waals surface area contributed by atoms with E-state index in [0.29, 0.717) is 19.3 Å². The van der Waals surface area contributed by atoms with Crippen LogP contribution >= 0.6 is 7.60 Å². The number of unbranched alkanes of at least 4 members (excludes halogenated alkanes) is 1. The van der Waals surface area contributed by atoms with Crippen LogP contribution in [-0.2, 0) is 42.7 Å². The van der Waals surface area contributed by atoms with Gasteiger partial charge in [-0.05, 0) is 88.0 Å². The fourth-order valence-electron chi connectivity index (χ4n) is 5.90. The number of rotatable bonds is 16. The number of hydroxylamine groups is 4. The molecule has 0 aliphatic carbocycles. The number of ether oxygens (including phenoxy) is 2. The molecule has 265 valence electrons. The van der Waals surface area contributed by atoms with Crippen LogP contribution in [0.15, 0.2) is 0 Å². The van der Waals surface area contributed by atoms with E-state index in [9.17, 15) is 19.4 Å². The first kappa shape index (κ1) is 42.0. The van der Waals surface area contributed by atoms with Crippen LogP contribution in [0.3, 0.4) is 0 Å². The van der Waals surface area contributed by atoms with Gasteiger partial charge in [-0.3, -0.25) is 14.2 Å². The minimum absolute atomic E-state index is 0.0685. The van der Waals surface area contributed by atoms with Crippen molar-refractivity contribution in [1.82, 2.24) is 10.1 Å². The third-order valence-electron chi connectivity index (χ3n) is 7.90. The molecule has 1 fully saturated rings. The van der Waals surface area contributed by atoms with E-state index in [1.54, 1.807) is 32.8 Å². The van der Waals surface area contributed by atoms with E-state index in [1.807, 2.05) is 76.2 Å². The number of hydrogen-bond donors (Lipinski definition) is 0. The molecule has 0 aromatic carbocycles. The van der Waals surface area contributed by atoms with E-state index in [4.69, 9.17) is 23.4 Å². The maximum absolute atomic E-state index is 14.4. The van der Waals surface area contributed by atoms with Gasteiger partial charge in [-0.1, -0.05) is 34.1 Å². The molecular formula is C33H64N2O9P.